The Bertz CT molecular complexity index is 824. The Morgan fingerprint density at radius 2 is 1.90 bits per heavy atom. The molecular weight excluding hydrogens is 274 g/mol. The van der Waals surface area contributed by atoms with Crippen molar-refractivity contribution in [1.29, 1.82) is 0 Å². The molecule has 6 heteroatoms. The first-order chi connectivity index (χ1) is 9.99. The van der Waals surface area contributed by atoms with Crippen molar-refractivity contribution in [2.45, 2.75) is 19.9 Å². The van der Waals surface area contributed by atoms with Gasteiger partial charge in [-0.25, -0.2) is 13.8 Å². The van der Waals surface area contributed by atoms with Crippen LogP contribution in [0.3, 0.4) is 0 Å². The van der Waals surface area contributed by atoms with E-state index in [0.29, 0.717) is 16.9 Å². The minimum absolute atomic E-state index is 0.0833. The molecule has 0 radical (unpaired) electrons. The van der Waals surface area contributed by atoms with E-state index in [-0.39, 0.29) is 11.7 Å². The lowest BCUT2D eigenvalue weighted by Gasteiger charge is -2.14. The molecule has 1 aromatic carbocycles. The molecule has 0 unspecified atom stereocenters. The van der Waals surface area contributed by atoms with Crippen LogP contribution in [-0.2, 0) is 0 Å². The molecule has 0 saturated heterocycles. The van der Waals surface area contributed by atoms with Crippen LogP contribution in [-0.4, -0.2) is 14.5 Å². The molecule has 0 atom stereocenters. The number of hydrogen-bond acceptors (Lipinski definition) is 3. The average molecular weight is 288 g/mol. The molecule has 0 fully saturated rings. The summed E-state index contributed by atoms with van der Waals surface area (Å²) in [4.78, 5) is 8.50. The number of aromatic nitrogens is 3. The highest BCUT2D eigenvalue weighted by atomic mass is 19.2. The third-order valence-electron chi connectivity index (χ3n) is 3.34. The van der Waals surface area contributed by atoms with Crippen molar-refractivity contribution in [3.05, 3.63) is 42.2 Å². The van der Waals surface area contributed by atoms with Gasteiger partial charge in [-0.3, -0.25) is 4.98 Å². The lowest BCUT2D eigenvalue weighted by Crippen LogP contribution is -2.05. The highest BCUT2D eigenvalue weighted by molar-refractivity contribution is 5.83. The van der Waals surface area contributed by atoms with Crippen molar-refractivity contribution in [2.24, 2.45) is 0 Å². The second-order valence-electron chi connectivity index (χ2n) is 5.12. The summed E-state index contributed by atoms with van der Waals surface area (Å²) in [6.07, 6.45) is 3.30. The fraction of sp³-hybridized carbons (Fsp3) is 0.200. The first kappa shape index (κ1) is 13.5. The molecule has 2 N–H and O–H groups in total. The molecule has 0 spiro atoms. The molecule has 3 aromatic rings. The molecule has 0 saturated carbocycles. The molecule has 0 aliphatic heterocycles. The van der Waals surface area contributed by atoms with E-state index < -0.39 is 11.6 Å². The van der Waals surface area contributed by atoms with Crippen LogP contribution in [0, 0.1) is 11.6 Å². The number of nitrogens with two attached hydrogens (primary N) is 1. The minimum atomic E-state index is -0.967. The topological polar surface area (TPSA) is 56.7 Å². The van der Waals surface area contributed by atoms with E-state index in [0.717, 1.165) is 17.6 Å². The standard InChI is InChI=1S/C15H14F2N4/c1-8(2)21-14-3-4-19-7-13(14)20-15(21)9-5-10(16)11(17)6-12(9)18/h3-8H,18H2,1-2H3. The quantitative estimate of drug-likeness (QED) is 0.734. The third-order valence-corrected chi connectivity index (χ3v) is 3.34. The summed E-state index contributed by atoms with van der Waals surface area (Å²) < 4.78 is 28.7. The number of hydrogen-bond donors (Lipinski definition) is 1. The van der Waals surface area contributed by atoms with Crippen molar-refractivity contribution < 1.29 is 8.78 Å². The smallest absolute Gasteiger partial charge is 0.160 e. The van der Waals surface area contributed by atoms with Crippen LogP contribution >= 0.6 is 0 Å². The molecule has 0 bridgehead atoms. The Morgan fingerprint density at radius 3 is 2.62 bits per heavy atom. The van der Waals surface area contributed by atoms with Gasteiger partial charge in [-0.05, 0) is 26.0 Å². The molecular formula is C15H14F2N4. The van der Waals surface area contributed by atoms with Crippen molar-refractivity contribution in [3.8, 4) is 11.4 Å². The van der Waals surface area contributed by atoms with E-state index in [1.165, 1.54) is 0 Å². The van der Waals surface area contributed by atoms with Crippen LogP contribution in [0.1, 0.15) is 19.9 Å². The Hall–Kier alpha value is -2.50. The first-order valence-electron chi connectivity index (χ1n) is 6.56. The zero-order chi connectivity index (χ0) is 15.1. The summed E-state index contributed by atoms with van der Waals surface area (Å²) in [6, 6.07) is 3.98. The fourth-order valence-electron chi connectivity index (χ4n) is 2.42. The average Bonchev–Trinajstić information content (AvgIpc) is 2.82. The second kappa shape index (κ2) is 4.80. The maximum atomic E-state index is 13.6. The van der Waals surface area contributed by atoms with Crippen molar-refractivity contribution >= 4 is 16.7 Å². The summed E-state index contributed by atoms with van der Waals surface area (Å²) in [5, 5.41) is 0. The summed E-state index contributed by atoms with van der Waals surface area (Å²) in [6.45, 7) is 3.97. The molecule has 0 aliphatic carbocycles. The van der Waals surface area contributed by atoms with Gasteiger partial charge in [0.05, 0.1) is 11.7 Å². The number of fused-ring (bicyclic) bond motifs is 1. The Kier molecular flexibility index (Phi) is 3.08. The fourth-order valence-corrected chi connectivity index (χ4v) is 2.42. The molecule has 2 heterocycles. The number of anilines is 1. The van der Waals surface area contributed by atoms with Gasteiger partial charge in [0.1, 0.15) is 11.3 Å². The van der Waals surface area contributed by atoms with Gasteiger partial charge >= 0.3 is 0 Å². The van der Waals surface area contributed by atoms with Gasteiger partial charge in [-0.1, -0.05) is 0 Å². The van der Waals surface area contributed by atoms with E-state index in [4.69, 9.17) is 5.73 Å². The summed E-state index contributed by atoms with van der Waals surface area (Å²) in [5.74, 6) is -1.41. The lowest BCUT2D eigenvalue weighted by molar-refractivity contribution is 0.509. The van der Waals surface area contributed by atoms with Crippen molar-refractivity contribution in [3.63, 3.8) is 0 Å². The number of halogens is 2. The number of imidazole rings is 1. The third kappa shape index (κ3) is 2.12. The predicted molar refractivity (Wildman–Crippen MR) is 77.7 cm³/mol. The molecule has 0 amide bonds. The zero-order valence-electron chi connectivity index (χ0n) is 11.6. The van der Waals surface area contributed by atoms with Crippen LogP contribution in [0.5, 0.6) is 0 Å². The van der Waals surface area contributed by atoms with Gasteiger partial charge in [-0.15, -0.1) is 0 Å². The Labute approximate surface area is 120 Å². The van der Waals surface area contributed by atoms with Gasteiger partial charge in [0, 0.05) is 29.6 Å². The highest BCUT2D eigenvalue weighted by Crippen LogP contribution is 2.32. The van der Waals surface area contributed by atoms with Gasteiger partial charge in [0.2, 0.25) is 0 Å². The molecule has 4 nitrogen and oxygen atoms in total. The van der Waals surface area contributed by atoms with E-state index in [2.05, 4.69) is 9.97 Å². The van der Waals surface area contributed by atoms with Crippen LogP contribution in [0.2, 0.25) is 0 Å². The molecule has 2 aromatic heterocycles. The van der Waals surface area contributed by atoms with Gasteiger partial charge in [0.15, 0.2) is 11.6 Å². The molecule has 3 rings (SSSR count). The van der Waals surface area contributed by atoms with E-state index >= 15 is 0 Å². The molecule has 108 valence electrons. The van der Waals surface area contributed by atoms with Crippen LogP contribution < -0.4 is 5.73 Å². The first-order valence-corrected chi connectivity index (χ1v) is 6.56. The summed E-state index contributed by atoms with van der Waals surface area (Å²) in [7, 11) is 0. The lowest BCUT2D eigenvalue weighted by atomic mass is 10.1. The van der Waals surface area contributed by atoms with Crippen LogP contribution in [0.15, 0.2) is 30.6 Å². The normalized spacial score (nSPS) is 11.5. The summed E-state index contributed by atoms with van der Waals surface area (Å²) >= 11 is 0. The number of nitrogens with zero attached hydrogens (tertiary/aromatic N) is 3. The maximum Gasteiger partial charge on any atom is 0.160 e. The van der Waals surface area contributed by atoms with Crippen molar-refractivity contribution in [2.75, 3.05) is 5.73 Å². The second-order valence-corrected chi connectivity index (χ2v) is 5.12. The molecule has 21 heavy (non-hydrogen) atoms. The van der Waals surface area contributed by atoms with Crippen molar-refractivity contribution in [1.82, 2.24) is 14.5 Å². The zero-order valence-corrected chi connectivity index (χ0v) is 11.6. The van der Waals surface area contributed by atoms with Crippen LogP contribution in [0.4, 0.5) is 14.5 Å². The number of rotatable bonds is 2. The Balaban J connectivity index is 2.35. The number of pyridine rings is 1. The largest absolute Gasteiger partial charge is 0.398 e. The monoisotopic (exact) mass is 288 g/mol. The van der Waals surface area contributed by atoms with E-state index in [1.54, 1.807) is 12.4 Å². The summed E-state index contributed by atoms with van der Waals surface area (Å²) in [5.41, 5.74) is 7.92. The SMILES string of the molecule is CC(C)n1c(-c2cc(F)c(F)cc2N)nc2cnccc21. The van der Waals surface area contributed by atoms with Gasteiger partial charge in [-0.2, -0.15) is 0 Å². The number of nitrogen functional groups attached to an aromatic ring is 1. The van der Waals surface area contributed by atoms with Gasteiger partial charge in [0.25, 0.3) is 0 Å². The maximum absolute atomic E-state index is 13.6. The van der Waals surface area contributed by atoms with E-state index in [1.807, 2.05) is 24.5 Å². The predicted octanol–water partition coefficient (Wildman–Crippen LogP) is 3.54. The van der Waals surface area contributed by atoms with E-state index in [9.17, 15) is 8.78 Å². The Morgan fingerprint density at radius 1 is 1.19 bits per heavy atom. The minimum Gasteiger partial charge on any atom is -0.398 e. The van der Waals surface area contributed by atoms with Gasteiger partial charge < -0.3 is 10.3 Å². The molecule has 0 aliphatic rings. The highest BCUT2D eigenvalue weighted by Gasteiger charge is 2.18. The number of benzene rings is 1. The van der Waals surface area contributed by atoms with Crippen LogP contribution in [0.25, 0.3) is 22.4 Å².